The Morgan fingerprint density at radius 2 is 1.74 bits per heavy atom. The summed E-state index contributed by atoms with van der Waals surface area (Å²) < 4.78 is 54.0. The van der Waals surface area contributed by atoms with Crippen molar-refractivity contribution in [1.82, 2.24) is 9.78 Å². The molecule has 1 atom stereocenters. The Bertz CT molecular complexity index is 686. The van der Waals surface area contributed by atoms with E-state index in [9.17, 15) is 17.6 Å². The SMILES string of the molecule is Cc1c(C(F)(F)F)nn(-c2ccccc2C(C)CC(C)C)c1F. The molecule has 2 nitrogen and oxygen atoms in total. The summed E-state index contributed by atoms with van der Waals surface area (Å²) in [5, 5.41) is 3.49. The molecular weight excluding hydrogens is 308 g/mol. The minimum atomic E-state index is -4.67. The molecule has 2 aromatic rings. The summed E-state index contributed by atoms with van der Waals surface area (Å²) in [4.78, 5) is 0. The molecule has 0 spiro atoms. The Labute approximate surface area is 133 Å². The third-order valence-electron chi connectivity index (χ3n) is 3.84. The lowest BCUT2D eigenvalue weighted by molar-refractivity contribution is -0.141. The molecule has 1 heterocycles. The Morgan fingerprint density at radius 3 is 2.26 bits per heavy atom. The van der Waals surface area contributed by atoms with Crippen LogP contribution in [0.3, 0.4) is 0 Å². The molecule has 0 radical (unpaired) electrons. The molecule has 0 saturated carbocycles. The quantitative estimate of drug-likeness (QED) is 0.679. The highest BCUT2D eigenvalue weighted by Gasteiger charge is 2.38. The summed E-state index contributed by atoms with van der Waals surface area (Å²) in [6.45, 7) is 7.22. The number of hydrogen-bond acceptors (Lipinski definition) is 1. The van der Waals surface area contributed by atoms with Crippen molar-refractivity contribution in [1.29, 1.82) is 0 Å². The van der Waals surface area contributed by atoms with Crippen molar-refractivity contribution in [3.05, 3.63) is 47.0 Å². The van der Waals surface area contributed by atoms with Crippen molar-refractivity contribution < 1.29 is 17.6 Å². The van der Waals surface area contributed by atoms with Gasteiger partial charge in [0.2, 0.25) is 5.95 Å². The number of hydrogen-bond donors (Lipinski definition) is 0. The maximum atomic E-state index is 14.3. The highest BCUT2D eigenvalue weighted by molar-refractivity contribution is 5.44. The van der Waals surface area contributed by atoms with Gasteiger partial charge in [-0.25, -0.2) is 4.68 Å². The highest BCUT2D eigenvalue weighted by atomic mass is 19.4. The molecule has 0 aliphatic carbocycles. The number of rotatable bonds is 4. The maximum Gasteiger partial charge on any atom is 0.435 e. The van der Waals surface area contributed by atoms with Gasteiger partial charge in [-0.2, -0.15) is 22.7 Å². The van der Waals surface area contributed by atoms with Crippen LogP contribution in [0.25, 0.3) is 5.69 Å². The first-order valence-corrected chi connectivity index (χ1v) is 7.54. The Kier molecular flexibility index (Phi) is 4.82. The summed E-state index contributed by atoms with van der Waals surface area (Å²) >= 11 is 0. The van der Waals surface area contributed by atoms with Crippen molar-refractivity contribution in [3.8, 4) is 5.69 Å². The van der Waals surface area contributed by atoms with Crippen LogP contribution in [0.5, 0.6) is 0 Å². The van der Waals surface area contributed by atoms with Crippen LogP contribution in [0.2, 0.25) is 0 Å². The smallest absolute Gasteiger partial charge is 0.206 e. The van der Waals surface area contributed by atoms with E-state index in [1.165, 1.54) is 0 Å². The maximum absolute atomic E-state index is 14.3. The molecule has 0 bridgehead atoms. The molecule has 2 rings (SSSR count). The number of benzene rings is 1. The fraction of sp³-hybridized carbons (Fsp3) is 0.471. The van der Waals surface area contributed by atoms with E-state index in [1.807, 2.05) is 13.0 Å². The van der Waals surface area contributed by atoms with Gasteiger partial charge in [0.05, 0.1) is 5.69 Å². The van der Waals surface area contributed by atoms with E-state index in [-0.39, 0.29) is 5.92 Å². The van der Waals surface area contributed by atoms with Gasteiger partial charge in [0.15, 0.2) is 5.69 Å². The highest BCUT2D eigenvalue weighted by Crippen LogP contribution is 2.34. The third kappa shape index (κ3) is 3.57. The molecule has 1 aromatic carbocycles. The van der Waals surface area contributed by atoms with Crippen molar-refractivity contribution in [2.75, 3.05) is 0 Å². The molecule has 0 fully saturated rings. The molecule has 0 amide bonds. The second-order valence-corrected chi connectivity index (χ2v) is 6.26. The zero-order chi connectivity index (χ0) is 17.4. The van der Waals surface area contributed by atoms with E-state index in [0.29, 0.717) is 11.6 Å². The van der Waals surface area contributed by atoms with Crippen LogP contribution in [0, 0.1) is 18.8 Å². The second kappa shape index (κ2) is 6.34. The molecule has 0 aliphatic heterocycles. The van der Waals surface area contributed by atoms with Gasteiger partial charge in [-0.15, -0.1) is 0 Å². The number of alkyl halides is 3. The summed E-state index contributed by atoms with van der Waals surface area (Å²) in [5.74, 6) is -0.459. The van der Waals surface area contributed by atoms with Gasteiger partial charge in [0.1, 0.15) is 0 Å². The average Bonchev–Trinajstić information content (AvgIpc) is 2.74. The normalized spacial score (nSPS) is 13.6. The molecule has 0 saturated heterocycles. The second-order valence-electron chi connectivity index (χ2n) is 6.26. The van der Waals surface area contributed by atoms with Crippen molar-refractivity contribution in [2.24, 2.45) is 5.92 Å². The fourth-order valence-electron chi connectivity index (χ4n) is 2.84. The van der Waals surface area contributed by atoms with Crippen LogP contribution >= 0.6 is 0 Å². The lowest BCUT2D eigenvalue weighted by atomic mass is 9.91. The van der Waals surface area contributed by atoms with Crippen LogP contribution in [0.15, 0.2) is 24.3 Å². The minimum Gasteiger partial charge on any atom is -0.206 e. The monoisotopic (exact) mass is 328 g/mol. The Balaban J connectivity index is 2.56. The topological polar surface area (TPSA) is 17.8 Å². The number of halogens is 4. The van der Waals surface area contributed by atoms with Crippen molar-refractivity contribution >= 4 is 0 Å². The van der Waals surface area contributed by atoms with Crippen molar-refractivity contribution in [3.63, 3.8) is 0 Å². The largest absolute Gasteiger partial charge is 0.435 e. The van der Waals surface area contributed by atoms with Crippen LogP contribution in [-0.2, 0) is 6.18 Å². The predicted octanol–water partition coefficient (Wildman–Crippen LogP) is 5.49. The van der Waals surface area contributed by atoms with E-state index in [1.54, 1.807) is 18.2 Å². The summed E-state index contributed by atoms with van der Waals surface area (Å²) in [6, 6.07) is 6.88. The van der Waals surface area contributed by atoms with Crippen molar-refractivity contribution in [2.45, 2.75) is 46.2 Å². The molecule has 23 heavy (non-hydrogen) atoms. The molecule has 0 N–H and O–H groups in total. The Morgan fingerprint density at radius 1 is 1.13 bits per heavy atom. The number of para-hydroxylation sites is 1. The third-order valence-corrected chi connectivity index (χ3v) is 3.84. The first kappa shape index (κ1) is 17.5. The van der Waals surface area contributed by atoms with E-state index >= 15 is 0 Å². The predicted molar refractivity (Wildman–Crippen MR) is 81.1 cm³/mol. The molecule has 6 heteroatoms. The van der Waals surface area contributed by atoms with Gasteiger partial charge < -0.3 is 0 Å². The zero-order valence-corrected chi connectivity index (χ0v) is 13.6. The summed E-state index contributed by atoms with van der Waals surface area (Å²) in [5.41, 5.74) is -0.516. The summed E-state index contributed by atoms with van der Waals surface area (Å²) in [7, 11) is 0. The van der Waals surface area contributed by atoms with Crippen LogP contribution in [-0.4, -0.2) is 9.78 Å². The van der Waals surface area contributed by atoms with E-state index < -0.39 is 23.4 Å². The first-order chi connectivity index (χ1) is 10.6. The van der Waals surface area contributed by atoms with Gasteiger partial charge in [0.25, 0.3) is 0 Å². The fourth-order valence-corrected chi connectivity index (χ4v) is 2.84. The Hall–Kier alpha value is -1.85. The van der Waals surface area contributed by atoms with Gasteiger partial charge >= 0.3 is 6.18 Å². The lowest BCUT2D eigenvalue weighted by Crippen LogP contribution is -2.10. The minimum absolute atomic E-state index is 0.0874. The standard InChI is InChI=1S/C17H20F4N2/c1-10(2)9-11(3)13-7-5-6-8-14(13)23-16(18)12(4)15(22-23)17(19,20)21/h5-8,10-11H,9H2,1-4H3. The average molecular weight is 328 g/mol. The van der Waals surface area contributed by atoms with Gasteiger partial charge in [-0.1, -0.05) is 39.0 Å². The first-order valence-electron chi connectivity index (χ1n) is 7.54. The van der Waals surface area contributed by atoms with E-state index in [2.05, 4.69) is 18.9 Å². The van der Waals surface area contributed by atoms with Crippen LogP contribution in [0.4, 0.5) is 17.6 Å². The van der Waals surface area contributed by atoms with Crippen LogP contribution in [0.1, 0.15) is 49.9 Å². The molecule has 126 valence electrons. The van der Waals surface area contributed by atoms with Crippen LogP contribution < -0.4 is 0 Å². The van der Waals surface area contributed by atoms with E-state index in [0.717, 1.165) is 23.6 Å². The molecular formula is C17H20F4N2. The van der Waals surface area contributed by atoms with E-state index in [4.69, 9.17) is 0 Å². The van der Waals surface area contributed by atoms with Gasteiger partial charge in [-0.3, -0.25) is 0 Å². The number of nitrogens with zero attached hydrogens (tertiary/aromatic N) is 2. The summed E-state index contributed by atoms with van der Waals surface area (Å²) in [6.07, 6.45) is -3.82. The van der Waals surface area contributed by atoms with Gasteiger partial charge in [0, 0.05) is 5.56 Å². The molecule has 1 unspecified atom stereocenters. The molecule has 1 aromatic heterocycles. The zero-order valence-electron chi connectivity index (χ0n) is 13.6. The number of aromatic nitrogens is 2. The lowest BCUT2D eigenvalue weighted by Gasteiger charge is -2.18. The van der Waals surface area contributed by atoms with Gasteiger partial charge in [-0.05, 0) is 36.8 Å². The molecule has 0 aliphatic rings.